The van der Waals surface area contributed by atoms with Crippen molar-refractivity contribution in [1.82, 2.24) is 49.3 Å². The summed E-state index contributed by atoms with van der Waals surface area (Å²) in [5.41, 5.74) is 1.71. The summed E-state index contributed by atoms with van der Waals surface area (Å²) < 4.78 is 109. The maximum absolute atomic E-state index is 12.5. The number of aromatic nitrogens is 8. The van der Waals surface area contributed by atoms with E-state index in [9.17, 15) is 16.8 Å². The van der Waals surface area contributed by atoms with E-state index < -0.39 is 20.4 Å². The van der Waals surface area contributed by atoms with Gasteiger partial charge in [-0.15, -0.1) is 0 Å². The molecule has 380 valence electrons. The molecule has 2 aliphatic heterocycles. The number of halogens is 3. The number of aliphatic hydroxyl groups is 1. The van der Waals surface area contributed by atoms with Crippen LogP contribution in [-0.2, 0) is 29.9 Å². The van der Waals surface area contributed by atoms with Crippen molar-refractivity contribution in [2.75, 3.05) is 90.0 Å². The van der Waals surface area contributed by atoms with Gasteiger partial charge >= 0.3 is 6.01 Å². The smallest absolute Gasteiger partial charge is 0.316 e. The van der Waals surface area contributed by atoms with Gasteiger partial charge in [0, 0.05) is 52.1 Å². The molecular weight excluding hydrogens is 1130 g/mol. The number of rotatable bonds is 22. The summed E-state index contributed by atoms with van der Waals surface area (Å²) in [4.78, 5) is 31.9. The maximum atomic E-state index is 12.5. The highest BCUT2D eigenvalue weighted by Gasteiger charge is 2.24. The number of nitrogens with zero attached hydrogens (tertiary/aromatic N) is 8. The van der Waals surface area contributed by atoms with Gasteiger partial charge in [-0.2, -0.15) is 26.3 Å². The van der Waals surface area contributed by atoms with Crippen LogP contribution in [-0.4, -0.2) is 142 Å². The number of hydrogen-bond donors (Lipinski definition) is 5. The second-order valence-corrected chi connectivity index (χ2v) is 18.7. The molecule has 6 aromatic rings. The third-order valence-corrected chi connectivity index (χ3v) is 11.8. The fraction of sp³-hybridized carbons (Fsp3) is 0.300. The Balaban J connectivity index is 0.000000204. The standard InChI is InChI=1S/C20H21BrN6O7S.C16H20N4O7S.C4H2BrClN2/c1-30-5-4-26-35(28,29)27-18-17(13-2-3-15-16(8-13)34-12-33-15)19(25-11-24-18)31-6-7-32-20-22-9-14(21)10-23-20;1-24-6-4-19-28(22,23)20-15-14(16(18-9-17-15)25-7-5-21)11-2-3-12-13(8-11)27-10-26-12;5-3-1-7-4(6)8-2-3/h2-3,8-11,26H,4-7,12H2,1H3,(H,24,25,27);2-3,8-9,19,21H,4-7,10H2,1H3,(H,17,18,20);1-2H. The Bertz CT molecular complexity index is 2890. The fourth-order valence-electron chi connectivity index (χ4n) is 5.70. The summed E-state index contributed by atoms with van der Waals surface area (Å²) in [6, 6.07) is 10.4. The molecule has 2 aliphatic rings. The second kappa shape index (κ2) is 26.9. The molecule has 26 nitrogen and oxygen atoms in total. The molecule has 0 unspecified atom stereocenters. The molecule has 2 aromatic carbocycles. The van der Waals surface area contributed by atoms with Gasteiger partial charge in [-0.25, -0.2) is 39.9 Å². The molecule has 71 heavy (non-hydrogen) atoms. The lowest BCUT2D eigenvalue weighted by atomic mass is 10.1. The second-order valence-electron chi connectivity index (χ2n) is 13.5. The monoisotopic (exact) mass is 1170 g/mol. The normalized spacial score (nSPS) is 12.2. The fourth-order valence-corrected chi connectivity index (χ4v) is 7.88. The Hall–Kier alpha value is -6.09. The average molecular weight is 1180 g/mol. The first-order valence-electron chi connectivity index (χ1n) is 20.4. The van der Waals surface area contributed by atoms with Crippen LogP contribution in [0.4, 0.5) is 11.6 Å². The molecule has 0 atom stereocenters. The van der Waals surface area contributed by atoms with E-state index in [1.807, 2.05) is 0 Å². The topological polar surface area (TPSA) is 323 Å². The summed E-state index contributed by atoms with van der Waals surface area (Å²) in [6.45, 7) is 0.710. The van der Waals surface area contributed by atoms with Crippen LogP contribution in [0.2, 0.25) is 5.28 Å². The van der Waals surface area contributed by atoms with E-state index in [1.165, 1.54) is 20.5 Å². The van der Waals surface area contributed by atoms with Gasteiger partial charge in [0.25, 0.3) is 20.4 Å². The van der Waals surface area contributed by atoms with Crippen molar-refractivity contribution in [2.24, 2.45) is 0 Å². The van der Waals surface area contributed by atoms with Crippen molar-refractivity contribution in [3.63, 3.8) is 0 Å². The van der Waals surface area contributed by atoms with Crippen molar-refractivity contribution >= 4 is 75.5 Å². The minimum Gasteiger partial charge on any atom is -0.475 e. The first-order chi connectivity index (χ1) is 34.3. The lowest BCUT2D eigenvalue weighted by Gasteiger charge is -2.16. The Morgan fingerprint density at radius 1 is 0.592 bits per heavy atom. The predicted octanol–water partition coefficient (Wildman–Crippen LogP) is 3.80. The quantitative estimate of drug-likeness (QED) is 0.0477. The molecule has 0 saturated heterocycles. The van der Waals surface area contributed by atoms with Crippen LogP contribution < -0.4 is 52.0 Å². The Morgan fingerprint density at radius 3 is 1.48 bits per heavy atom. The number of ether oxygens (including phenoxy) is 9. The molecule has 0 radical (unpaired) electrons. The van der Waals surface area contributed by atoms with Gasteiger partial charge in [0.2, 0.25) is 30.6 Å². The van der Waals surface area contributed by atoms with Crippen molar-refractivity contribution < 1.29 is 64.6 Å². The zero-order chi connectivity index (χ0) is 50.6. The van der Waals surface area contributed by atoms with Crippen LogP contribution >= 0.6 is 43.5 Å². The molecule has 0 saturated carbocycles. The summed E-state index contributed by atoms with van der Waals surface area (Å²) in [5.74, 6) is 2.40. The highest BCUT2D eigenvalue weighted by atomic mass is 79.9. The van der Waals surface area contributed by atoms with Crippen LogP contribution in [0.15, 0.2) is 82.8 Å². The van der Waals surface area contributed by atoms with Gasteiger partial charge < -0.3 is 47.7 Å². The summed E-state index contributed by atoms with van der Waals surface area (Å²) in [6.07, 6.45) is 8.66. The van der Waals surface area contributed by atoms with Crippen LogP contribution in [0.3, 0.4) is 0 Å². The maximum Gasteiger partial charge on any atom is 0.316 e. The van der Waals surface area contributed by atoms with Crippen LogP contribution in [0.1, 0.15) is 0 Å². The molecule has 31 heteroatoms. The molecule has 0 fully saturated rings. The molecule has 0 aliphatic carbocycles. The van der Waals surface area contributed by atoms with Gasteiger partial charge in [-0.1, -0.05) is 12.1 Å². The van der Waals surface area contributed by atoms with Crippen molar-refractivity contribution in [3.8, 4) is 63.0 Å². The molecule has 4 aromatic heterocycles. The zero-order valence-electron chi connectivity index (χ0n) is 37.3. The molecule has 6 heterocycles. The highest BCUT2D eigenvalue weighted by molar-refractivity contribution is 9.10. The molecule has 0 amide bonds. The minimum atomic E-state index is -3.96. The SMILES string of the molecule is COCCNS(=O)(=O)Nc1ncnc(OCCO)c1-c1ccc2c(c1)OCO2.COCCNS(=O)(=O)Nc1ncnc(OCCOc2ncc(Br)cn2)c1-c1ccc2c(c1)OCO2.Clc1ncc(Br)cn1. The Kier molecular flexibility index (Phi) is 20.6. The van der Waals surface area contributed by atoms with E-state index >= 15 is 0 Å². The molecule has 0 bridgehead atoms. The van der Waals surface area contributed by atoms with E-state index in [0.717, 1.165) is 15.3 Å². The van der Waals surface area contributed by atoms with E-state index in [2.05, 4.69) is 90.6 Å². The first kappa shape index (κ1) is 54.2. The highest BCUT2D eigenvalue weighted by Crippen LogP contribution is 2.42. The number of nitrogens with one attached hydrogen (secondary N) is 4. The molecule has 0 spiro atoms. The summed E-state index contributed by atoms with van der Waals surface area (Å²) >= 11 is 11.8. The molecular formula is C40H43Br2ClN12O14S2. The predicted molar refractivity (Wildman–Crippen MR) is 260 cm³/mol. The molecule has 8 rings (SSSR count). The lowest BCUT2D eigenvalue weighted by Crippen LogP contribution is -2.33. The number of methoxy groups -OCH3 is 2. The largest absolute Gasteiger partial charge is 0.475 e. The van der Waals surface area contributed by atoms with Crippen molar-refractivity contribution in [2.45, 2.75) is 0 Å². The first-order valence-corrected chi connectivity index (χ1v) is 25.3. The zero-order valence-corrected chi connectivity index (χ0v) is 42.8. The van der Waals surface area contributed by atoms with Crippen molar-refractivity contribution in [3.05, 3.63) is 88.1 Å². The summed E-state index contributed by atoms with van der Waals surface area (Å²) in [7, 11) is -4.94. The summed E-state index contributed by atoms with van der Waals surface area (Å²) in [5, 5.41) is 9.33. The van der Waals surface area contributed by atoms with E-state index in [-0.39, 0.29) is 101 Å². The van der Waals surface area contributed by atoms with E-state index in [0.29, 0.717) is 45.3 Å². The number of hydrogen-bond acceptors (Lipinski definition) is 22. The van der Waals surface area contributed by atoms with Gasteiger partial charge in [0.15, 0.2) is 34.6 Å². The Labute approximate surface area is 428 Å². The number of anilines is 2. The third-order valence-electron chi connectivity index (χ3n) is 8.67. The van der Waals surface area contributed by atoms with Gasteiger partial charge in [0.1, 0.15) is 32.5 Å². The van der Waals surface area contributed by atoms with Crippen LogP contribution in [0.25, 0.3) is 22.3 Å². The van der Waals surface area contributed by atoms with Crippen LogP contribution in [0.5, 0.6) is 40.8 Å². The van der Waals surface area contributed by atoms with E-state index in [4.69, 9.17) is 59.3 Å². The number of aliphatic hydroxyl groups excluding tert-OH is 1. The van der Waals surface area contributed by atoms with Gasteiger partial charge in [-0.05, 0) is 78.9 Å². The average Bonchev–Trinajstić information content (AvgIpc) is 4.04. The molecule has 5 N–H and O–H groups in total. The third kappa shape index (κ3) is 16.8. The van der Waals surface area contributed by atoms with Crippen molar-refractivity contribution in [1.29, 1.82) is 0 Å². The van der Waals surface area contributed by atoms with Gasteiger partial charge in [0.05, 0.1) is 39.9 Å². The van der Waals surface area contributed by atoms with Crippen LogP contribution in [0, 0.1) is 0 Å². The van der Waals surface area contributed by atoms with Gasteiger partial charge in [-0.3, -0.25) is 9.44 Å². The minimum absolute atomic E-state index is 0.00622. The number of fused-ring (bicyclic) bond motifs is 2. The Morgan fingerprint density at radius 2 is 1.03 bits per heavy atom. The van der Waals surface area contributed by atoms with E-state index in [1.54, 1.807) is 61.2 Å². The lowest BCUT2D eigenvalue weighted by molar-refractivity contribution is 0.173. The number of benzene rings is 2.